The fraction of sp³-hybridized carbons (Fsp3) is 0.385. The van der Waals surface area contributed by atoms with E-state index in [-0.39, 0.29) is 31.4 Å². The molecule has 0 saturated heterocycles. The van der Waals surface area contributed by atoms with Gasteiger partial charge in [0.05, 0.1) is 13.5 Å². The van der Waals surface area contributed by atoms with Gasteiger partial charge in [0.25, 0.3) is 5.91 Å². The predicted molar refractivity (Wildman–Crippen MR) is 66.3 cm³/mol. The fourth-order valence-electron chi connectivity index (χ4n) is 1.24. The van der Waals surface area contributed by atoms with Crippen LogP contribution in [0.15, 0.2) is 24.3 Å². The zero-order valence-corrected chi connectivity index (χ0v) is 10.6. The third-order valence-corrected chi connectivity index (χ3v) is 2.27. The molecule has 0 aromatic heterocycles. The molecule has 1 N–H and O–H groups in total. The molecule has 0 heterocycles. The lowest BCUT2D eigenvalue weighted by molar-refractivity contribution is -0.140. The Hall–Kier alpha value is -2.04. The smallest absolute Gasteiger partial charge is 0.307 e. The summed E-state index contributed by atoms with van der Waals surface area (Å²) in [7, 11) is 1.31. The average molecular weight is 251 g/mol. The minimum absolute atomic E-state index is 0.0652. The van der Waals surface area contributed by atoms with Crippen molar-refractivity contribution in [3.63, 3.8) is 0 Å². The largest absolute Gasteiger partial charge is 0.484 e. The highest BCUT2D eigenvalue weighted by Gasteiger charge is 2.04. The molecule has 98 valence electrons. The van der Waals surface area contributed by atoms with Crippen molar-refractivity contribution in [2.45, 2.75) is 13.3 Å². The number of nitrogens with one attached hydrogen (secondary N) is 1. The van der Waals surface area contributed by atoms with Crippen LogP contribution in [0.5, 0.6) is 5.75 Å². The molecule has 0 fully saturated rings. The Morgan fingerprint density at radius 2 is 1.89 bits per heavy atom. The van der Waals surface area contributed by atoms with E-state index in [1.165, 1.54) is 7.11 Å². The number of methoxy groups -OCH3 is 1. The molecule has 0 aliphatic rings. The van der Waals surface area contributed by atoms with Crippen LogP contribution in [-0.2, 0) is 14.3 Å². The molecule has 0 saturated carbocycles. The van der Waals surface area contributed by atoms with Crippen molar-refractivity contribution in [3.8, 4) is 5.75 Å². The quantitative estimate of drug-likeness (QED) is 0.768. The Labute approximate surface area is 106 Å². The number of esters is 1. The van der Waals surface area contributed by atoms with Crippen LogP contribution in [0.25, 0.3) is 0 Å². The SMILES string of the molecule is COC(=O)CCNC(=O)COc1ccc(C)cc1. The average Bonchev–Trinajstić information content (AvgIpc) is 2.38. The lowest BCUT2D eigenvalue weighted by Gasteiger charge is -2.07. The maximum atomic E-state index is 11.4. The van der Waals surface area contributed by atoms with Crippen LogP contribution in [0.3, 0.4) is 0 Å². The molecule has 0 unspecified atom stereocenters. The third kappa shape index (κ3) is 5.34. The minimum atomic E-state index is -0.352. The molecular formula is C13H17NO4. The molecule has 0 radical (unpaired) electrons. The summed E-state index contributed by atoms with van der Waals surface area (Å²) in [6.45, 7) is 2.16. The number of carbonyl (C=O) groups excluding carboxylic acids is 2. The Bertz CT molecular complexity index is 400. The van der Waals surface area contributed by atoms with E-state index in [0.717, 1.165) is 5.56 Å². The maximum absolute atomic E-state index is 11.4. The van der Waals surface area contributed by atoms with Gasteiger partial charge in [0, 0.05) is 6.54 Å². The van der Waals surface area contributed by atoms with Gasteiger partial charge in [0.2, 0.25) is 0 Å². The highest BCUT2D eigenvalue weighted by Crippen LogP contribution is 2.10. The molecule has 5 heteroatoms. The molecule has 5 nitrogen and oxygen atoms in total. The number of ether oxygens (including phenoxy) is 2. The van der Waals surface area contributed by atoms with Crippen molar-refractivity contribution >= 4 is 11.9 Å². The summed E-state index contributed by atoms with van der Waals surface area (Å²) in [5.41, 5.74) is 1.13. The minimum Gasteiger partial charge on any atom is -0.484 e. The van der Waals surface area contributed by atoms with E-state index in [1.54, 1.807) is 12.1 Å². The number of aryl methyl sites for hydroxylation is 1. The topological polar surface area (TPSA) is 64.6 Å². The number of hydrogen-bond acceptors (Lipinski definition) is 4. The fourth-order valence-corrected chi connectivity index (χ4v) is 1.24. The summed E-state index contributed by atoms with van der Waals surface area (Å²) < 4.78 is 9.73. The van der Waals surface area contributed by atoms with E-state index >= 15 is 0 Å². The lowest BCUT2D eigenvalue weighted by Crippen LogP contribution is -2.30. The standard InChI is InChI=1S/C13H17NO4/c1-10-3-5-11(6-4-10)18-9-12(15)14-8-7-13(16)17-2/h3-6H,7-9H2,1-2H3,(H,14,15). The predicted octanol–water partition coefficient (Wildman–Crippen LogP) is 1.05. The van der Waals surface area contributed by atoms with Gasteiger partial charge in [-0.15, -0.1) is 0 Å². The van der Waals surface area contributed by atoms with Crippen molar-refractivity contribution in [3.05, 3.63) is 29.8 Å². The molecule has 0 aliphatic carbocycles. The van der Waals surface area contributed by atoms with Crippen molar-refractivity contribution in [1.82, 2.24) is 5.32 Å². The van der Waals surface area contributed by atoms with Crippen molar-refractivity contribution < 1.29 is 19.1 Å². The van der Waals surface area contributed by atoms with Crippen LogP contribution in [0.2, 0.25) is 0 Å². The summed E-state index contributed by atoms with van der Waals surface area (Å²) >= 11 is 0. The van der Waals surface area contributed by atoms with Gasteiger partial charge in [-0.3, -0.25) is 9.59 Å². The molecule has 1 amide bonds. The van der Waals surface area contributed by atoms with Crippen LogP contribution in [0.1, 0.15) is 12.0 Å². The highest BCUT2D eigenvalue weighted by atomic mass is 16.5. The molecule has 0 spiro atoms. The Balaban J connectivity index is 2.21. The third-order valence-electron chi connectivity index (χ3n) is 2.27. The summed E-state index contributed by atoms with van der Waals surface area (Å²) in [6.07, 6.45) is 0.159. The van der Waals surface area contributed by atoms with E-state index in [0.29, 0.717) is 5.75 Å². The van der Waals surface area contributed by atoms with E-state index in [2.05, 4.69) is 10.1 Å². The summed E-state index contributed by atoms with van der Waals surface area (Å²) in [5.74, 6) is 0.0259. The Kier molecular flexibility index (Phi) is 5.70. The molecule has 0 aliphatic heterocycles. The van der Waals surface area contributed by atoms with Crippen LogP contribution >= 0.6 is 0 Å². The Morgan fingerprint density at radius 3 is 2.50 bits per heavy atom. The van der Waals surface area contributed by atoms with Crippen molar-refractivity contribution in [1.29, 1.82) is 0 Å². The van der Waals surface area contributed by atoms with Gasteiger partial charge in [-0.2, -0.15) is 0 Å². The van der Waals surface area contributed by atoms with Gasteiger partial charge in [-0.25, -0.2) is 0 Å². The van der Waals surface area contributed by atoms with E-state index in [9.17, 15) is 9.59 Å². The van der Waals surface area contributed by atoms with E-state index in [4.69, 9.17) is 4.74 Å². The first kappa shape index (κ1) is 14.0. The first-order chi connectivity index (χ1) is 8.61. The molecule has 1 aromatic rings. The zero-order valence-electron chi connectivity index (χ0n) is 10.6. The van der Waals surface area contributed by atoms with E-state index < -0.39 is 0 Å². The Morgan fingerprint density at radius 1 is 1.22 bits per heavy atom. The van der Waals surface area contributed by atoms with Crippen LogP contribution in [0, 0.1) is 6.92 Å². The second kappa shape index (κ2) is 7.32. The van der Waals surface area contributed by atoms with Gasteiger partial charge in [-0.1, -0.05) is 17.7 Å². The van der Waals surface area contributed by atoms with Gasteiger partial charge in [0.1, 0.15) is 5.75 Å². The molecule has 1 aromatic carbocycles. The molecule has 18 heavy (non-hydrogen) atoms. The molecular weight excluding hydrogens is 234 g/mol. The molecule has 0 bridgehead atoms. The summed E-state index contributed by atoms with van der Waals surface area (Å²) in [5, 5.41) is 2.56. The lowest BCUT2D eigenvalue weighted by atomic mass is 10.2. The number of amides is 1. The summed E-state index contributed by atoms with van der Waals surface area (Å²) in [6, 6.07) is 7.42. The normalized spacial score (nSPS) is 9.67. The van der Waals surface area contributed by atoms with Gasteiger partial charge in [-0.05, 0) is 19.1 Å². The highest BCUT2D eigenvalue weighted by molar-refractivity contribution is 5.78. The first-order valence-corrected chi connectivity index (χ1v) is 5.65. The van der Waals surface area contributed by atoms with Gasteiger partial charge < -0.3 is 14.8 Å². The van der Waals surface area contributed by atoms with Crippen molar-refractivity contribution in [2.75, 3.05) is 20.3 Å². The number of carbonyl (C=O) groups is 2. The van der Waals surface area contributed by atoms with Crippen LogP contribution < -0.4 is 10.1 Å². The maximum Gasteiger partial charge on any atom is 0.307 e. The second-order valence-electron chi connectivity index (χ2n) is 3.78. The number of hydrogen-bond donors (Lipinski definition) is 1. The van der Waals surface area contributed by atoms with Gasteiger partial charge >= 0.3 is 5.97 Å². The molecule has 0 atom stereocenters. The van der Waals surface area contributed by atoms with Crippen LogP contribution in [-0.4, -0.2) is 32.1 Å². The van der Waals surface area contributed by atoms with E-state index in [1.807, 2.05) is 19.1 Å². The number of benzene rings is 1. The van der Waals surface area contributed by atoms with Gasteiger partial charge in [0.15, 0.2) is 6.61 Å². The van der Waals surface area contributed by atoms with Crippen molar-refractivity contribution in [2.24, 2.45) is 0 Å². The first-order valence-electron chi connectivity index (χ1n) is 5.65. The monoisotopic (exact) mass is 251 g/mol. The zero-order chi connectivity index (χ0) is 13.4. The van der Waals surface area contributed by atoms with Crippen LogP contribution in [0.4, 0.5) is 0 Å². The summed E-state index contributed by atoms with van der Waals surface area (Å²) in [4.78, 5) is 22.2. The number of rotatable bonds is 6. The molecule has 1 rings (SSSR count). The second-order valence-corrected chi connectivity index (χ2v) is 3.78.